The van der Waals surface area contributed by atoms with E-state index in [1.807, 2.05) is 33.2 Å². The second-order valence-electron chi connectivity index (χ2n) is 7.90. The van der Waals surface area contributed by atoms with Gasteiger partial charge in [0, 0.05) is 37.8 Å². The molecule has 150 valence electrons. The van der Waals surface area contributed by atoms with Crippen LogP contribution in [0, 0.1) is 5.41 Å². The summed E-state index contributed by atoms with van der Waals surface area (Å²) < 4.78 is 3.27. The first-order valence-corrected chi connectivity index (χ1v) is 9.38. The fourth-order valence-electron chi connectivity index (χ4n) is 3.39. The van der Waals surface area contributed by atoms with Gasteiger partial charge in [-0.05, 0) is 18.6 Å². The van der Waals surface area contributed by atoms with Gasteiger partial charge in [0.25, 0.3) is 5.91 Å². The number of hydrogen-bond acceptors (Lipinski definition) is 5. The molecule has 4 heterocycles. The zero-order valence-electron chi connectivity index (χ0n) is 16.9. The lowest BCUT2D eigenvalue weighted by atomic mass is 9.92. The summed E-state index contributed by atoms with van der Waals surface area (Å²) in [5.41, 5.74) is 1.81. The van der Waals surface area contributed by atoms with Crippen LogP contribution in [0.25, 0.3) is 11.3 Å². The zero-order valence-corrected chi connectivity index (χ0v) is 16.9. The maximum absolute atomic E-state index is 12.9. The molecule has 1 aliphatic rings. The minimum absolute atomic E-state index is 0.00315. The first-order valence-electron chi connectivity index (χ1n) is 9.38. The highest BCUT2D eigenvalue weighted by Crippen LogP contribution is 2.36. The normalized spacial score (nSPS) is 15.7. The van der Waals surface area contributed by atoms with Gasteiger partial charge in [0.05, 0.1) is 18.1 Å². The molecule has 0 bridgehead atoms. The Kier molecular flexibility index (Phi) is 4.45. The number of pyridine rings is 1. The van der Waals surface area contributed by atoms with E-state index in [-0.39, 0.29) is 17.5 Å². The molecule has 9 nitrogen and oxygen atoms in total. The molecule has 1 N–H and O–H groups in total. The second-order valence-corrected chi connectivity index (χ2v) is 7.90. The molecule has 29 heavy (non-hydrogen) atoms. The lowest BCUT2D eigenvalue weighted by Crippen LogP contribution is -2.32. The summed E-state index contributed by atoms with van der Waals surface area (Å²) in [6.07, 6.45) is 5.97. The summed E-state index contributed by atoms with van der Waals surface area (Å²) in [6, 6.07) is 5.25. The number of anilines is 2. The second kappa shape index (κ2) is 6.84. The van der Waals surface area contributed by atoms with Crippen LogP contribution < -0.4 is 10.2 Å². The van der Waals surface area contributed by atoms with E-state index in [9.17, 15) is 9.59 Å². The van der Waals surface area contributed by atoms with E-state index in [1.54, 1.807) is 45.8 Å². The van der Waals surface area contributed by atoms with E-state index < -0.39 is 5.41 Å². The number of carbonyl (C=O) groups excluding carboxylic acids is 2. The Hall–Kier alpha value is -3.49. The third-order valence-corrected chi connectivity index (χ3v) is 5.08. The molecule has 0 aliphatic carbocycles. The van der Waals surface area contributed by atoms with Gasteiger partial charge >= 0.3 is 0 Å². The van der Waals surface area contributed by atoms with Gasteiger partial charge in [-0.3, -0.25) is 23.9 Å². The molecule has 0 aromatic carbocycles. The van der Waals surface area contributed by atoms with Crippen molar-refractivity contribution in [3.05, 3.63) is 42.5 Å². The Balaban J connectivity index is 1.59. The van der Waals surface area contributed by atoms with Crippen LogP contribution in [-0.2, 0) is 18.9 Å². The van der Waals surface area contributed by atoms with Crippen LogP contribution in [0.2, 0.25) is 0 Å². The van der Waals surface area contributed by atoms with Gasteiger partial charge in [0.2, 0.25) is 5.91 Å². The van der Waals surface area contributed by atoms with Crippen LogP contribution in [0.15, 0.2) is 36.8 Å². The third-order valence-electron chi connectivity index (χ3n) is 5.08. The predicted molar refractivity (Wildman–Crippen MR) is 108 cm³/mol. The van der Waals surface area contributed by atoms with Gasteiger partial charge in [0.1, 0.15) is 11.4 Å². The first kappa shape index (κ1) is 18.9. The summed E-state index contributed by atoms with van der Waals surface area (Å²) in [5, 5.41) is 11.4. The van der Waals surface area contributed by atoms with Crippen molar-refractivity contribution in [2.45, 2.75) is 20.3 Å². The van der Waals surface area contributed by atoms with Crippen molar-refractivity contribution in [2.75, 3.05) is 16.8 Å². The van der Waals surface area contributed by atoms with Crippen molar-refractivity contribution in [3.8, 4) is 11.3 Å². The van der Waals surface area contributed by atoms with Crippen molar-refractivity contribution < 1.29 is 9.59 Å². The van der Waals surface area contributed by atoms with E-state index in [0.717, 1.165) is 12.0 Å². The molecule has 9 heteroatoms. The van der Waals surface area contributed by atoms with Gasteiger partial charge in [-0.15, -0.1) is 0 Å². The smallest absolute Gasteiger partial charge is 0.274 e. The highest BCUT2D eigenvalue weighted by atomic mass is 16.2. The largest absolute Gasteiger partial charge is 0.316 e. The quantitative estimate of drug-likeness (QED) is 0.733. The van der Waals surface area contributed by atoms with Crippen molar-refractivity contribution in [1.82, 2.24) is 24.5 Å². The highest BCUT2D eigenvalue weighted by molar-refractivity contribution is 6.07. The predicted octanol–water partition coefficient (Wildman–Crippen LogP) is 2.23. The molecular formula is C20H23N7O2. The Morgan fingerprint density at radius 1 is 1.17 bits per heavy atom. The number of rotatable bonds is 4. The molecule has 4 rings (SSSR count). The molecule has 0 saturated carbocycles. The van der Waals surface area contributed by atoms with Gasteiger partial charge in [-0.1, -0.05) is 19.9 Å². The summed E-state index contributed by atoms with van der Waals surface area (Å²) >= 11 is 0. The number of carbonyl (C=O) groups is 2. The fourth-order valence-corrected chi connectivity index (χ4v) is 3.39. The van der Waals surface area contributed by atoms with Gasteiger partial charge in [-0.2, -0.15) is 10.2 Å². The average Bonchev–Trinajstić information content (AvgIpc) is 3.34. The lowest BCUT2D eigenvalue weighted by molar-refractivity contribution is -0.124. The molecule has 3 aromatic rings. The molecule has 1 aliphatic heterocycles. The molecule has 1 saturated heterocycles. The van der Waals surface area contributed by atoms with Crippen LogP contribution in [0.4, 0.5) is 11.5 Å². The van der Waals surface area contributed by atoms with Crippen LogP contribution in [0.1, 0.15) is 30.8 Å². The summed E-state index contributed by atoms with van der Waals surface area (Å²) in [6.45, 7) is 4.41. The Morgan fingerprint density at radius 3 is 2.62 bits per heavy atom. The standard InChI is InChI=1S/C20H23N7O2/c1-20(2)8-9-27(19(20)29)17-16(12-26(4)24-17)23-18(28)15-7-5-6-14(22-15)13-10-21-25(3)11-13/h5-7,10-12H,8-9H2,1-4H3,(H,23,28). The summed E-state index contributed by atoms with van der Waals surface area (Å²) in [5.74, 6) is 0.0964. The molecule has 1 fully saturated rings. The van der Waals surface area contributed by atoms with Crippen LogP contribution >= 0.6 is 0 Å². The number of hydrogen-bond donors (Lipinski definition) is 1. The van der Waals surface area contributed by atoms with E-state index in [1.165, 1.54) is 0 Å². The molecule has 0 radical (unpaired) electrons. The number of nitrogens with zero attached hydrogens (tertiary/aromatic N) is 6. The van der Waals surface area contributed by atoms with Crippen LogP contribution in [0.5, 0.6) is 0 Å². The van der Waals surface area contributed by atoms with E-state index >= 15 is 0 Å². The van der Waals surface area contributed by atoms with E-state index in [2.05, 4.69) is 20.5 Å². The first-order chi connectivity index (χ1) is 13.7. The van der Waals surface area contributed by atoms with E-state index in [4.69, 9.17) is 0 Å². The maximum atomic E-state index is 12.9. The van der Waals surface area contributed by atoms with Crippen LogP contribution in [0.3, 0.4) is 0 Å². The molecule has 0 spiro atoms. The number of aryl methyl sites for hydroxylation is 2. The third kappa shape index (κ3) is 3.51. The number of aromatic nitrogens is 5. The van der Waals surface area contributed by atoms with Crippen molar-refractivity contribution >= 4 is 23.3 Å². The van der Waals surface area contributed by atoms with Crippen LogP contribution in [-0.4, -0.2) is 42.9 Å². The summed E-state index contributed by atoms with van der Waals surface area (Å²) in [7, 11) is 3.58. The molecule has 2 amide bonds. The Bertz CT molecular complexity index is 1100. The Morgan fingerprint density at radius 2 is 1.97 bits per heavy atom. The Labute approximate surface area is 168 Å². The van der Waals surface area contributed by atoms with Crippen molar-refractivity contribution in [2.24, 2.45) is 19.5 Å². The van der Waals surface area contributed by atoms with Gasteiger partial charge in [-0.25, -0.2) is 4.98 Å². The fraction of sp³-hybridized carbons (Fsp3) is 0.350. The zero-order chi connectivity index (χ0) is 20.8. The number of amides is 2. The molecule has 0 unspecified atom stereocenters. The molecule has 3 aromatic heterocycles. The number of nitrogens with one attached hydrogen (secondary N) is 1. The average molecular weight is 393 g/mol. The minimum atomic E-state index is -0.432. The van der Waals surface area contributed by atoms with Crippen molar-refractivity contribution in [1.29, 1.82) is 0 Å². The topological polar surface area (TPSA) is 97.9 Å². The molecule has 0 atom stereocenters. The maximum Gasteiger partial charge on any atom is 0.274 e. The lowest BCUT2D eigenvalue weighted by Gasteiger charge is -2.18. The highest BCUT2D eigenvalue weighted by Gasteiger charge is 2.41. The van der Waals surface area contributed by atoms with E-state index in [0.29, 0.717) is 23.7 Å². The summed E-state index contributed by atoms with van der Waals surface area (Å²) in [4.78, 5) is 31.6. The SMILES string of the molecule is Cn1cc(-c2cccc(C(=O)Nc3cn(C)nc3N3CCC(C)(C)C3=O)n2)cn1. The van der Waals surface area contributed by atoms with Gasteiger partial charge < -0.3 is 5.32 Å². The monoisotopic (exact) mass is 393 g/mol. The van der Waals surface area contributed by atoms with Gasteiger partial charge in [0.15, 0.2) is 5.82 Å². The van der Waals surface area contributed by atoms with Crippen molar-refractivity contribution in [3.63, 3.8) is 0 Å². The molecular weight excluding hydrogens is 370 g/mol. The minimum Gasteiger partial charge on any atom is -0.316 e.